The summed E-state index contributed by atoms with van der Waals surface area (Å²) in [6.07, 6.45) is 3.67. The number of fused-ring (bicyclic) bond motifs is 4. The van der Waals surface area contributed by atoms with E-state index < -0.39 is 0 Å². The van der Waals surface area contributed by atoms with Gasteiger partial charge in [0.15, 0.2) is 5.58 Å². The summed E-state index contributed by atoms with van der Waals surface area (Å²) in [5, 5.41) is 2.31. The van der Waals surface area contributed by atoms with E-state index in [9.17, 15) is 0 Å². The Balaban J connectivity index is 1.44. The Labute approximate surface area is 230 Å². The van der Waals surface area contributed by atoms with Crippen LogP contribution in [0.2, 0.25) is 0 Å². The van der Waals surface area contributed by atoms with Crippen molar-refractivity contribution >= 4 is 32.9 Å². The summed E-state index contributed by atoms with van der Waals surface area (Å²) in [5.74, 6) is 0.604. The van der Waals surface area contributed by atoms with Crippen molar-refractivity contribution in [2.75, 3.05) is 0 Å². The molecule has 188 valence electrons. The molecule has 8 aromatic rings. The summed E-state index contributed by atoms with van der Waals surface area (Å²) in [5.41, 5.74) is 9.74. The van der Waals surface area contributed by atoms with Gasteiger partial charge in [0.2, 0.25) is 5.89 Å². The molecule has 0 aliphatic rings. The van der Waals surface area contributed by atoms with Gasteiger partial charge in [-0.15, -0.1) is 0 Å². The van der Waals surface area contributed by atoms with Crippen molar-refractivity contribution in [3.63, 3.8) is 0 Å². The lowest BCUT2D eigenvalue weighted by atomic mass is 10.1. The molecule has 40 heavy (non-hydrogen) atoms. The van der Waals surface area contributed by atoms with Gasteiger partial charge in [0.1, 0.15) is 5.52 Å². The van der Waals surface area contributed by atoms with E-state index in [0.717, 1.165) is 66.7 Å². The minimum Gasteiger partial charge on any atom is -0.436 e. The van der Waals surface area contributed by atoms with E-state index in [1.807, 2.05) is 67.0 Å². The summed E-state index contributed by atoms with van der Waals surface area (Å²) in [4.78, 5) is 14.1. The molecule has 0 N–H and O–H groups in total. The molecule has 4 aromatic heterocycles. The van der Waals surface area contributed by atoms with Crippen molar-refractivity contribution in [3.05, 3.63) is 134 Å². The molecule has 0 radical (unpaired) electrons. The molecule has 5 heteroatoms. The van der Waals surface area contributed by atoms with Gasteiger partial charge in [-0.05, 0) is 60.7 Å². The number of pyridine rings is 2. The molecule has 0 atom stereocenters. The van der Waals surface area contributed by atoms with Crippen LogP contribution in [0.5, 0.6) is 0 Å². The van der Waals surface area contributed by atoms with Gasteiger partial charge < -0.3 is 8.98 Å². The quantitative estimate of drug-likeness (QED) is 0.236. The first kappa shape index (κ1) is 22.4. The Morgan fingerprint density at radius 1 is 0.575 bits per heavy atom. The molecule has 8 rings (SSSR count). The Morgan fingerprint density at radius 2 is 1.38 bits per heavy atom. The van der Waals surface area contributed by atoms with Crippen molar-refractivity contribution < 1.29 is 4.42 Å². The van der Waals surface area contributed by atoms with E-state index in [4.69, 9.17) is 14.4 Å². The second kappa shape index (κ2) is 9.03. The normalized spacial score (nSPS) is 11.5. The first-order valence-electron chi connectivity index (χ1n) is 13.2. The largest absolute Gasteiger partial charge is 0.436 e. The average Bonchev–Trinajstić information content (AvgIpc) is 3.61. The second-order valence-corrected chi connectivity index (χ2v) is 9.74. The Hall–Kier alpha value is -5.55. The van der Waals surface area contributed by atoms with Crippen molar-refractivity contribution in [2.45, 2.75) is 0 Å². The zero-order valence-electron chi connectivity index (χ0n) is 21.4. The zero-order valence-corrected chi connectivity index (χ0v) is 21.4. The predicted octanol–water partition coefficient (Wildman–Crippen LogP) is 8.72. The summed E-state index contributed by atoms with van der Waals surface area (Å²) < 4.78 is 8.48. The maximum atomic E-state index is 6.15. The number of nitrogens with zero attached hydrogens (tertiary/aromatic N) is 4. The van der Waals surface area contributed by atoms with E-state index in [0.29, 0.717) is 5.89 Å². The number of hydrogen-bond acceptors (Lipinski definition) is 4. The van der Waals surface area contributed by atoms with E-state index in [1.165, 1.54) is 0 Å². The van der Waals surface area contributed by atoms with Gasteiger partial charge in [0.05, 0.1) is 22.4 Å². The molecule has 0 saturated carbocycles. The first-order chi connectivity index (χ1) is 19.8. The number of para-hydroxylation sites is 3. The van der Waals surface area contributed by atoms with Crippen molar-refractivity contribution in [1.29, 1.82) is 0 Å². The summed E-state index contributed by atoms with van der Waals surface area (Å²) in [7, 11) is 0. The Morgan fingerprint density at radius 3 is 2.20 bits per heavy atom. The van der Waals surface area contributed by atoms with Crippen LogP contribution in [0.1, 0.15) is 0 Å². The van der Waals surface area contributed by atoms with Gasteiger partial charge >= 0.3 is 0 Å². The van der Waals surface area contributed by atoms with E-state index in [1.54, 1.807) is 0 Å². The number of aromatic nitrogens is 4. The zero-order chi connectivity index (χ0) is 26.5. The van der Waals surface area contributed by atoms with Crippen LogP contribution in [0.4, 0.5) is 0 Å². The summed E-state index contributed by atoms with van der Waals surface area (Å²) in [6.45, 7) is 0. The van der Waals surface area contributed by atoms with Crippen molar-refractivity contribution in [3.8, 4) is 39.7 Å². The third-order valence-corrected chi connectivity index (χ3v) is 7.34. The second-order valence-electron chi connectivity index (χ2n) is 9.74. The Bertz CT molecular complexity index is 2130. The minimum atomic E-state index is 0.604. The summed E-state index contributed by atoms with van der Waals surface area (Å²) in [6, 6.07) is 41.3. The monoisotopic (exact) mass is 514 g/mol. The number of rotatable bonds is 4. The SMILES string of the molecule is c1ccc(-c2cccc(-n3c4cc(-c5nc6ccccc6o5)ccc4c4cccc(-c5ccccn5)c43)c2)nc1. The van der Waals surface area contributed by atoms with Gasteiger partial charge in [-0.1, -0.05) is 60.7 Å². The highest BCUT2D eigenvalue weighted by Gasteiger charge is 2.19. The molecular formula is C35H22N4O. The summed E-state index contributed by atoms with van der Waals surface area (Å²) >= 11 is 0. The van der Waals surface area contributed by atoms with Crippen LogP contribution in [0, 0.1) is 0 Å². The lowest BCUT2D eigenvalue weighted by molar-refractivity contribution is 0.620. The maximum Gasteiger partial charge on any atom is 0.227 e. The fourth-order valence-electron chi connectivity index (χ4n) is 5.53. The molecule has 0 spiro atoms. The number of hydrogen-bond donors (Lipinski definition) is 0. The van der Waals surface area contributed by atoms with Crippen LogP contribution >= 0.6 is 0 Å². The van der Waals surface area contributed by atoms with Gasteiger partial charge in [0, 0.05) is 45.5 Å². The highest BCUT2D eigenvalue weighted by atomic mass is 16.3. The van der Waals surface area contributed by atoms with Crippen LogP contribution in [0.15, 0.2) is 138 Å². The smallest absolute Gasteiger partial charge is 0.227 e. The third kappa shape index (κ3) is 3.60. The van der Waals surface area contributed by atoms with Gasteiger partial charge in [-0.3, -0.25) is 9.97 Å². The molecule has 0 bridgehead atoms. The molecule has 0 amide bonds. The fourth-order valence-corrected chi connectivity index (χ4v) is 5.53. The van der Waals surface area contributed by atoms with Gasteiger partial charge in [-0.2, -0.15) is 0 Å². The van der Waals surface area contributed by atoms with Crippen LogP contribution in [-0.2, 0) is 0 Å². The molecule has 0 unspecified atom stereocenters. The first-order valence-corrected chi connectivity index (χ1v) is 13.2. The fraction of sp³-hybridized carbons (Fsp3) is 0. The van der Waals surface area contributed by atoms with E-state index >= 15 is 0 Å². The lowest BCUT2D eigenvalue weighted by Crippen LogP contribution is -1.97. The lowest BCUT2D eigenvalue weighted by Gasteiger charge is -2.13. The third-order valence-electron chi connectivity index (χ3n) is 7.34. The standard InChI is InChI=1S/C35H22N4O/c1-2-16-33-31(15-1)38-35(40-33)24-17-18-26-27-11-8-12-28(30-14-4-6-20-37-30)34(27)39(32(26)22-24)25-10-7-9-23(21-25)29-13-3-5-19-36-29/h1-22H. The molecule has 0 fully saturated rings. The maximum absolute atomic E-state index is 6.15. The van der Waals surface area contributed by atoms with E-state index in [2.05, 4.69) is 76.3 Å². The average molecular weight is 515 g/mol. The van der Waals surface area contributed by atoms with Crippen LogP contribution in [0.3, 0.4) is 0 Å². The Kier molecular flexibility index (Phi) is 5.07. The minimum absolute atomic E-state index is 0.604. The van der Waals surface area contributed by atoms with Crippen molar-refractivity contribution in [1.82, 2.24) is 19.5 Å². The topological polar surface area (TPSA) is 56.7 Å². The molecule has 4 aromatic carbocycles. The molecule has 0 aliphatic heterocycles. The van der Waals surface area contributed by atoms with Gasteiger partial charge in [-0.25, -0.2) is 4.98 Å². The van der Waals surface area contributed by atoms with Gasteiger partial charge in [0.25, 0.3) is 0 Å². The molecule has 0 aliphatic carbocycles. The van der Waals surface area contributed by atoms with Crippen LogP contribution in [0.25, 0.3) is 72.6 Å². The molecule has 4 heterocycles. The molecule has 0 saturated heterocycles. The number of benzene rings is 4. The highest BCUT2D eigenvalue weighted by molar-refractivity contribution is 6.14. The number of oxazole rings is 1. The predicted molar refractivity (Wildman–Crippen MR) is 160 cm³/mol. The van der Waals surface area contributed by atoms with Crippen LogP contribution < -0.4 is 0 Å². The highest BCUT2D eigenvalue weighted by Crippen LogP contribution is 2.39. The van der Waals surface area contributed by atoms with E-state index in [-0.39, 0.29) is 0 Å². The van der Waals surface area contributed by atoms with Crippen LogP contribution in [-0.4, -0.2) is 19.5 Å². The molecular weight excluding hydrogens is 492 g/mol. The van der Waals surface area contributed by atoms with Crippen molar-refractivity contribution in [2.24, 2.45) is 0 Å². The molecule has 5 nitrogen and oxygen atoms in total.